The summed E-state index contributed by atoms with van der Waals surface area (Å²) in [5.74, 6) is 0.838. The van der Waals surface area contributed by atoms with Crippen molar-refractivity contribution in [3.8, 4) is 0 Å². The molecule has 0 unspecified atom stereocenters. The highest BCUT2D eigenvalue weighted by Gasteiger charge is 2.27. The Hall–Kier alpha value is -3.13. The molecule has 8 heteroatoms. The molecule has 7 nitrogen and oxygen atoms in total. The van der Waals surface area contributed by atoms with Crippen molar-refractivity contribution in [1.29, 1.82) is 0 Å². The topological polar surface area (TPSA) is 67.5 Å². The number of piperazine rings is 1. The number of H-pyrrole nitrogens is 1. The van der Waals surface area contributed by atoms with Crippen LogP contribution >= 0.6 is 0 Å². The number of halogens is 1. The van der Waals surface area contributed by atoms with Crippen LogP contribution < -0.4 is 15.1 Å². The smallest absolute Gasteiger partial charge is 0.224 e. The molecule has 2 aromatic carbocycles. The number of anilines is 2. The molecule has 1 atom stereocenters. The molecule has 5 rings (SSSR count). The monoisotopic (exact) mass is 464 g/mol. The van der Waals surface area contributed by atoms with Crippen LogP contribution in [0.5, 0.6) is 0 Å². The second-order valence-corrected chi connectivity index (χ2v) is 9.29. The van der Waals surface area contributed by atoms with Crippen LogP contribution in [0.1, 0.15) is 19.3 Å². The van der Waals surface area contributed by atoms with Crippen LogP contribution in [0.3, 0.4) is 0 Å². The molecule has 2 aliphatic heterocycles. The number of carbonyl (C=O) groups is 1. The molecule has 3 aromatic rings. The Morgan fingerprint density at radius 2 is 1.82 bits per heavy atom. The van der Waals surface area contributed by atoms with Crippen molar-refractivity contribution in [2.75, 3.05) is 62.2 Å². The lowest BCUT2D eigenvalue weighted by Gasteiger charge is -2.36. The Bertz CT molecular complexity index is 1080. The molecule has 1 aromatic heterocycles. The fourth-order valence-electron chi connectivity index (χ4n) is 5.05. The third-order valence-corrected chi connectivity index (χ3v) is 6.98. The average Bonchev–Trinajstić information content (AvgIpc) is 3.32. The number of hydrogen-bond acceptors (Lipinski definition) is 5. The van der Waals surface area contributed by atoms with E-state index >= 15 is 0 Å². The van der Waals surface area contributed by atoms with Gasteiger partial charge in [-0.05, 0) is 50.1 Å². The number of piperidine rings is 1. The van der Waals surface area contributed by atoms with Gasteiger partial charge in [0.05, 0.1) is 22.6 Å². The predicted octanol–water partition coefficient (Wildman–Crippen LogP) is 3.25. The summed E-state index contributed by atoms with van der Waals surface area (Å²) in [5.41, 5.74) is 2.68. The molecule has 0 bridgehead atoms. The SMILES string of the molecule is O=C(NCCCN1CCN(c2ccccc2F)CC1)[C@H]1CCCN(c2nc3ccccc3[nH]2)C1. The van der Waals surface area contributed by atoms with Crippen LogP contribution in [0.2, 0.25) is 0 Å². The number of aromatic amines is 1. The summed E-state index contributed by atoms with van der Waals surface area (Å²) in [7, 11) is 0. The Morgan fingerprint density at radius 3 is 2.65 bits per heavy atom. The maximum Gasteiger partial charge on any atom is 0.224 e. The van der Waals surface area contributed by atoms with Gasteiger partial charge in [-0.2, -0.15) is 0 Å². The number of amides is 1. The molecule has 2 N–H and O–H groups in total. The number of fused-ring (bicyclic) bond motifs is 1. The maximum absolute atomic E-state index is 14.0. The molecule has 0 radical (unpaired) electrons. The summed E-state index contributed by atoms with van der Waals surface area (Å²) in [6.45, 7) is 6.73. The number of hydrogen-bond donors (Lipinski definition) is 2. The van der Waals surface area contributed by atoms with Gasteiger partial charge in [-0.1, -0.05) is 24.3 Å². The molecule has 1 amide bonds. The Balaban J connectivity index is 1.03. The van der Waals surface area contributed by atoms with Gasteiger partial charge in [-0.3, -0.25) is 9.69 Å². The molecule has 2 saturated heterocycles. The first-order valence-corrected chi connectivity index (χ1v) is 12.4. The second-order valence-electron chi connectivity index (χ2n) is 9.29. The van der Waals surface area contributed by atoms with E-state index in [2.05, 4.69) is 25.0 Å². The van der Waals surface area contributed by atoms with Crippen molar-refractivity contribution in [3.05, 3.63) is 54.3 Å². The lowest BCUT2D eigenvalue weighted by atomic mass is 9.97. The maximum atomic E-state index is 14.0. The van der Waals surface area contributed by atoms with E-state index in [4.69, 9.17) is 4.98 Å². The minimum absolute atomic E-state index is 0.00808. The van der Waals surface area contributed by atoms with Crippen molar-refractivity contribution in [1.82, 2.24) is 20.2 Å². The molecule has 34 heavy (non-hydrogen) atoms. The largest absolute Gasteiger partial charge is 0.367 e. The van der Waals surface area contributed by atoms with Crippen molar-refractivity contribution >= 4 is 28.6 Å². The standard InChI is InChI=1S/C26H33FN6O/c27-21-8-1-4-11-24(21)32-17-15-31(16-18-32)13-6-12-28-25(34)20-7-5-14-33(19-20)26-29-22-9-2-3-10-23(22)30-26/h1-4,8-11,20H,5-7,12-19H2,(H,28,34)(H,29,30)/t20-/m0/s1. The van der Waals surface area contributed by atoms with Gasteiger partial charge in [0.15, 0.2) is 0 Å². The normalized spacial score (nSPS) is 19.5. The van der Waals surface area contributed by atoms with E-state index in [1.807, 2.05) is 36.4 Å². The number of aromatic nitrogens is 2. The van der Waals surface area contributed by atoms with Gasteiger partial charge in [0.25, 0.3) is 0 Å². The first-order valence-electron chi connectivity index (χ1n) is 12.4. The van der Waals surface area contributed by atoms with E-state index in [0.29, 0.717) is 18.8 Å². The van der Waals surface area contributed by atoms with E-state index in [1.165, 1.54) is 6.07 Å². The molecule has 0 saturated carbocycles. The van der Waals surface area contributed by atoms with Crippen molar-refractivity contribution in [2.45, 2.75) is 19.3 Å². The molecular weight excluding hydrogens is 431 g/mol. The lowest BCUT2D eigenvalue weighted by Crippen LogP contribution is -2.47. The van der Waals surface area contributed by atoms with Gasteiger partial charge in [-0.25, -0.2) is 9.37 Å². The second kappa shape index (κ2) is 10.4. The lowest BCUT2D eigenvalue weighted by molar-refractivity contribution is -0.125. The number of nitrogens with one attached hydrogen (secondary N) is 2. The zero-order chi connectivity index (χ0) is 23.3. The third-order valence-electron chi connectivity index (χ3n) is 6.98. The summed E-state index contributed by atoms with van der Waals surface area (Å²) in [4.78, 5) is 27.6. The van der Waals surface area contributed by atoms with E-state index in [1.54, 1.807) is 6.07 Å². The van der Waals surface area contributed by atoms with E-state index in [-0.39, 0.29) is 17.6 Å². The average molecular weight is 465 g/mol. The van der Waals surface area contributed by atoms with E-state index in [0.717, 1.165) is 75.5 Å². The molecule has 180 valence electrons. The summed E-state index contributed by atoms with van der Waals surface area (Å²) in [6, 6.07) is 15.0. The Labute approximate surface area is 199 Å². The zero-order valence-electron chi connectivity index (χ0n) is 19.5. The Kier molecular flexibility index (Phi) is 6.94. The molecule has 2 aliphatic rings. The Morgan fingerprint density at radius 1 is 1.03 bits per heavy atom. The van der Waals surface area contributed by atoms with Gasteiger partial charge >= 0.3 is 0 Å². The first-order chi connectivity index (χ1) is 16.7. The van der Waals surface area contributed by atoms with Gasteiger partial charge in [0.2, 0.25) is 11.9 Å². The highest BCUT2D eigenvalue weighted by Crippen LogP contribution is 2.24. The van der Waals surface area contributed by atoms with Crippen LogP contribution in [0, 0.1) is 11.7 Å². The van der Waals surface area contributed by atoms with Crippen LogP contribution in [-0.2, 0) is 4.79 Å². The van der Waals surface area contributed by atoms with Crippen LogP contribution in [0.25, 0.3) is 11.0 Å². The van der Waals surface area contributed by atoms with Crippen molar-refractivity contribution in [3.63, 3.8) is 0 Å². The molecule has 0 aliphatic carbocycles. The van der Waals surface area contributed by atoms with Crippen LogP contribution in [0.15, 0.2) is 48.5 Å². The number of carbonyl (C=O) groups excluding carboxylic acids is 1. The van der Waals surface area contributed by atoms with Gasteiger partial charge < -0.3 is 20.1 Å². The van der Waals surface area contributed by atoms with Gasteiger partial charge in [0.1, 0.15) is 5.82 Å². The summed E-state index contributed by atoms with van der Waals surface area (Å²) < 4.78 is 14.0. The molecule has 0 spiro atoms. The zero-order valence-corrected chi connectivity index (χ0v) is 19.5. The minimum Gasteiger partial charge on any atom is -0.367 e. The number of nitrogens with zero attached hydrogens (tertiary/aromatic N) is 4. The predicted molar refractivity (Wildman–Crippen MR) is 134 cm³/mol. The summed E-state index contributed by atoms with van der Waals surface area (Å²) >= 11 is 0. The van der Waals surface area contributed by atoms with Crippen molar-refractivity contribution in [2.24, 2.45) is 5.92 Å². The minimum atomic E-state index is -0.153. The number of para-hydroxylation sites is 3. The fraction of sp³-hybridized carbons (Fsp3) is 0.462. The highest BCUT2D eigenvalue weighted by molar-refractivity contribution is 5.80. The molecular formula is C26H33FN6O. The third kappa shape index (κ3) is 5.17. The quantitative estimate of drug-likeness (QED) is 0.526. The molecule has 3 heterocycles. The van der Waals surface area contributed by atoms with Crippen LogP contribution in [-0.4, -0.2) is 73.1 Å². The van der Waals surface area contributed by atoms with Crippen molar-refractivity contribution < 1.29 is 9.18 Å². The van der Waals surface area contributed by atoms with Crippen LogP contribution in [0.4, 0.5) is 16.0 Å². The fourth-order valence-corrected chi connectivity index (χ4v) is 5.05. The van der Waals surface area contributed by atoms with Gasteiger partial charge in [-0.15, -0.1) is 0 Å². The van der Waals surface area contributed by atoms with E-state index < -0.39 is 0 Å². The van der Waals surface area contributed by atoms with Gasteiger partial charge in [0, 0.05) is 45.8 Å². The summed E-state index contributed by atoms with van der Waals surface area (Å²) in [6.07, 6.45) is 2.83. The summed E-state index contributed by atoms with van der Waals surface area (Å²) in [5, 5.41) is 3.15. The molecule has 2 fully saturated rings. The van der Waals surface area contributed by atoms with E-state index in [9.17, 15) is 9.18 Å². The number of benzene rings is 2. The first kappa shape index (κ1) is 22.7. The highest BCUT2D eigenvalue weighted by atomic mass is 19.1. The number of rotatable bonds is 7. The number of imidazole rings is 1.